The molecule has 0 fully saturated rings. The summed E-state index contributed by atoms with van der Waals surface area (Å²) in [6.45, 7) is 8.87. The van der Waals surface area contributed by atoms with E-state index >= 15 is 0 Å². The van der Waals surface area contributed by atoms with Gasteiger partial charge in [0.25, 0.3) is 0 Å². The molecule has 2 heterocycles. The summed E-state index contributed by atoms with van der Waals surface area (Å²) < 4.78 is 0. The second kappa shape index (κ2) is 11.3. The minimum atomic E-state index is -0.587. The number of aryl methyl sites for hydroxylation is 2. The van der Waals surface area contributed by atoms with Gasteiger partial charge in [-0.1, -0.05) is 111 Å². The zero-order valence-electron chi connectivity index (χ0n) is 28.6. The predicted molar refractivity (Wildman–Crippen MR) is 204 cm³/mol. The number of hydrogen-bond acceptors (Lipinski definition) is 4. The van der Waals surface area contributed by atoms with Crippen LogP contribution in [0.4, 0.5) is 17.2 Å². The molecule has 4 nitrogen and oxygen atoms in total. The zero-order valence-corrected chi connectivity index (χ0v) is 28.6. The Kier molecular flexibility index (Phi) is 6.79. The van der Waals surface area contributed by atoms with Crippen molar-refractivity contribution in [2.75, 3.05) is 4.90 Å². The molecule has 242 valence electrons. The number of pyridine rings is 2. The fourth-order valence-corrected chi connectivity index (χ4v) is 8.52. The summed E-state index contributed by atoms with van der Waals surface area (Å²) >= 11 is 0. The fourth-order valence-electron chi connectivity index (χ4n) is 8.52. The lowest BCUT2D eigenvalue weighted by Crippen LogP contribution is -2.26. The van der Waals surface area contributed by atoms with E-state index in [2.05, 4.69) is 141 Å². The van der Waals surface area contributed by atoms with Gasteiger partial charge in [-0.05, 0) is 106 Å². The van der Waals surface area contributed by atoms with Crippen LogP contribution in [0.15, 0.2) is 140 Å². The van der Waals surface area contributed by atoms with Crippen molar-refractivity contribution in [2.45, 2.75) is 39.0 Å². The minimum absolute atomic E-state index is 0.240. The average Bonchev–Trinajstić information content (AvgIpc) is 3.61. The first-order valence-corrected chi connectivity index (χ1v) is 17.3. The predicted octanol–water partition coefficient (Wildman–Crippen LogP) is 11.4. The lowest BCUT2D eigenvalue weighted by molar-refractivity contribution is 0.476. The van der Waals surface area contributed by atoms with E-state index in [-0.39, 0.29) is 5.75 Å². The molecular weight excluding hydrogens is 611 g/mol. The Bertz CT molecular complexity index is 2400. The topological polar surface area (TPSA) is 49.2 Å². The van der Waals surface area contributed by atoms with E-state index in [0.29, 0.717) is 5.92 Å². The second-order valence-corrected chi connectivity index (χ2v) is 13.9. The van der Waals surface area contributed by atoms with Crippen molar-refractivity contribution in [3.63, 3.8) is 0 Å². The zero-order chi connectivity index (χ0) is 34.1. The van der Waals surface area contributed by atoms with Crippen molar-refractivity contribution in [2.24, 2.45) is 0 Å². The molecule has 1 spiro atoms. The number of phenolic OH excluding ortho intramolecular Hbond substituents is 1. The molecule has 0 radical (unpaired) electrons. The maximum Gasteiger partial charge on any atom is 0.138 e. The van der Waals surface area contributed by atoms with Crippen molar-refractivity contribution in [1.82, 2.24) is 9.97 Å². The summed E-state index contributed by atoms with van der Waals surface area (Å²) in [5.74, 6) is 1.44. The van der Waals surface area contributed by atoms with Crippen LogP contribution in [0.2, 0.25) is 0 Å². The third kappa shape index (κ3) is 4.24. The molecule has 0 unspecified atom stereocenters. The first-order valence-electron chi connectivity index (χ1n) is 17.3. The lowest BCUT2D eigenvalue weighted by atomic mass is 9.71. The number of phenols is 1. The SMILES string of the molecule is Cc1cc(C(C)C)cc(C)c1N(c1cccc(-c2ccccn2)c1)c1ccc2c(n1)-c1c(O)cccc1C21c2ccccc2-c2ccccc21. The molecule has 2 aliphatic carbocycles. The van der Waals surface area contributed by atoms with Crippen molar-refractivity contribution in [3.8, 4) is 39.4 Å². The summed E-state index contributed by atoms with van der Waals surface area (Å²) in [7, 11) is 0. The van der Waals surface area contributed by atoms with E-state index in [0.717, 1.165) is 50.8 Å². The first-order chi connectivity index (χ1) is 24.4. The van der Waals surface area contributed by atoms with Gasteiger partial charge in [-0.3, -0.25) is 9.88 Å². The van der Waals surface area contributed by atoms with Crippen LogP contribution < -0.4 is 4.90 Å². The average molecular weight is 648 g/mol. The minimum Gasteiger partial charge on any atom is -0.507 e. The van der Waals surface area contributed by atoms with E-state index in [4.69, 9.17) is 4.98 Å². The molecule has 0 saturated carbocycles. The maximum absolute atomic E-state index is 11.7. The smallest absolute Gasteiger partial charge is 0.138 e. The highest BCUT2D eigenvalue weighted by atomic mass is 16.3. The van der Waals surface area contributed by atoms with Crippen LogP contribution >= 0.6 is 0 Å². The van der Waals surface area contributed by atoms with Crippen LogP contribution in [-0.4, -0.2) is 15.1 Å². The molecule has 50 heavy (non-hydrogen) atoms. The van der Waals surface area contributed by atoms with Gasteiger partial charge in [-0.2, -0.15) is 0 Å². The summed E-state index contributed by atoms with van der Waals surface area (Å²) in [5, 5.41) is 11.7. The number of hydrogen-bond donors (Lipinski definition) is 1. The van der Waals surface area contributed by atoms with Crippen LogP contribution in [-0.2, 0) is 5.41 Å². The van der Waals surface area contributed by atoms with Gasteiger partial charge in [-0.25, -0.2) is 4.98 Å². The molecule has 0 aliphatic heterocycles. The Hall–Kier alpha value is -6.00. The second-order valence-electron chi connectivity index (χ2n) is 13.9. The van der Waals surface area contributed by atoms with Crippen molar-refractivity contribution >= 4 is 17.2 Å². The van der Waals surface area contributed by atoms with Crippen LogP contribution in [0.5, 0.6) is 5.75 Å². The quantitative estimate of drug-likeness (QED) is 0.202. The van der Waals surface area contributed by atoms with Crippen LogP contribution in [0.1, 0.15) is 58.7 Å². The monoisotopic (exact) mass is 647 g/mol. The molecule has 5 aromatic carbocycles. The number of anilines is 3. The Morgan fingerprint density at radius 3 is 1.98 bits per heavy atom. The highest BCUT2D eigenvalue weighted by Gasteiger charge is 2.53. The molecule has 2 aromatic heterocycles. The number of aromatic nitrogens is 2. The molecule has 7 aromatic rings. The van der Waals surface area contributed by atoms with E-state index in [9.17, 15) is 5.11 Å². The van der Waals surface area contributed by atoms with Crippen molar-refractivity contribution < 1.29 is 5.11 Å². The molecule has 4 heteroatoms. The summed E-state index contributed by atoms with van der Waals surface area (Å²) in [6, 6.07) is 46.9. The molecule has 0 atom stereocenters. The molecule has 0 bridgehead atoms. The summed E-state index contributed by atoms with van der Waals surface area (Å²) in [5.41, 5.74) is 15.7. The van der Waals surface area contributed by atoms with Crippen LogP contribution in [0, 0.1) is 13.8 Å². The Morgan fingerprint density at radius 1 is 0.640 bits per heavy atom. The number of fused-ring (bicyclic) bond motifs is 10. The standard InChI is InChI=1S/C46H37N3O/c1-28(2)32-25-29(3)45(30(4)26-32)49(33-14-11-13-31(27-33)40-20-9-10-24-47-40)42-23-22-39-44(48-42)43-38(19-12-21-41(43)50)46(39)36-17-7-5-15-34(36)35-16-6-8-18-37(35)46/h5-28,50H,1-4H3. The Morgan fingerprint density at radius 2 is 1.30 bits per heavy atom. The largest absolute Gasteiger partial charge is 0.507 e. The molecule has 2 aliphatic rings. The summed E-state index contributed by atoms with van der Waals surface area (Å²) in [6.07, 6.45) is 1.83. The van der Waals surface area contributed by atoms with Gasteiger partial charge >= 0.3 is 0 Å². The number of benzene rings is 5. The van der Waals surface area contributed by atoms with Gasteiger partial charge in [0.1, 0.15) is 11.6 Å². The van der Waals surface area contributed by atoms with E-state index < -0.39 is 5.41 Å². The van der Waals surface area contributed by atoms with Crippen molar-refractivity contribution in [1.29, 1.82) is 0 Å². The van der Waals surface area contributed by atoms with Gasteiger partial charge < -0.3 is 5.11 Å². The molecular formula is C46H37N3O. The summed E-state index contributed by atoms with van der Waals surface area (Å²) in [4.78, 5) is 12.5. The molecule has 0 saturated heterocycles. The highest BCUT2D eigenvalue weighted by Crippen LogP contribution is 2.64. The van der Waals surface area contributed by atoms with Gasteiger partial charge in [0.05, 0.1) is 22.5 Å². The van der Waals surface area contributed by atoms with Crippen molar-refractivity contribution in [3.05, 3.63) is 179 Å². The fraction of sp³-hybridized carbons (Fsp3) is 0.130. The van der Waals surface area contributed by atoms with E-state index in [1.54, 1.807) is 6.07 Å². The normalized spacial score (nSPS) is 13.2. The highest BCUT2D eigenvalue weighted by molar-refractivity contribution is 5.96. The number of nitrogens with zero attached hydrogens (tertiary/aromatic N) is 3. The number of rotatable bonds is 5. The Labute approximate surface area is 293 Å². The molecule has 9 rings (SSSR count). The first kappa shape index (κ1) is 30.1. The van der Waals surface area contributed by atoms with Crippen LogP contribution in [0.3, 0.4) is 0 Å². The maximum atomic E-state index is 11.7. The van der Waals surface area contributed by atoms with Gasteiger partial charge in [0.2, 0.25) is 0 Å². The third-order valence-corrected chi connectivity index (χ3v) is 10.6. The van der Waals surface area contributed by atoms with Gasteiger partial charge in [-0.15, -0.1) is 0 Å². The number of aromatic hydroxyl groups is 1. The Balaban J connectivity index is 1.32. The third-order valence-electron chi connectivity index (χ3n) is 10.6. The van der Waals surface area contributed by atoms with Gasteiger partial charge in [0.15, 0.2) is 0 Å². The van der Waals surface area contributed by atoms with Gasteiger partial charge in [0, 0.05) is 23.0 Å². The molecule has 0 amide bonds. The van der Waals surface area contributed by atoms with E-state index in [1.807, 2.05) is 30.5 Å². The lowest BCUT2D eigenvalue weighted by Gasteiger charge is -2.31. The molecule has 1 N–H and O–H groups in total. The van der Waals surface area contributed by atoms with E-state index in [1.165, 1.54) is 38.9 Å². The van der Waals surface area contributed by atoms with Crippen LogP contribution in [0.25, 0.3) is 33.6 Å².